The third kappa shape index (κ3) is 1.46. The van der Waals surface area contributed by atoms with Crippen LogP contribution in [0.3, 0.4) is 0 Å². The van der Waals surface area contributed by atoms with Crippen LogP contribution in [0.25, 0.3) is 10.8 Å². The molecule has 0 saturated carbocycles. The summed E-state index contributed by atoms with van der Waals surface area (Å²) >= 11 is 0. The second-order valence-electron chi connectivity index (χ2n) is 3.22. The Morgan fingerprint density at radius 3 is 2.94 bits per heavy atom. The molecule has 82 valence electrons. The van der Waals surface area contributed by atoms with Crippen LogP contribution < -0.4 is 5.73 Å². The Labute approximate surface area is 90.8 Å². The average Bonchev–Trinajstić information content (AvgIpc) is 2.28. The van der Waals surface area contributed by atoms with Crippen molar-refractivity contribution in [3.63, 3.8) is 0 Å². The molecule has 0 aliphatic rings. The van der Waals surface area contributed by atoms with Gasteiger partial charge in [0.2, 0.25) is 0 Å². The molecule has 4 nitrogen and oxygen atoms in total. The Balaban J connectivity index is 2.84. The number of pyridine rings is 1. The second kappa shape index (κ2) is 3.77. The number of aromatic nitrogens is 1. The van der Waals surface area contributed by atoms with Crippen LogP contribution in [0, 0.1) is 5.82 Å². The summed E-state index contributed by atoms with van der Waals surface area (Å²) in [5.41, 5.74) is 5.98. The first kappa shape index (κ1) is 10.4. The summed E-state index contributed by atoms with van der Waals surface area (Å²) in [6, 6.07) is 4.77. The van der Waals surface area contributed by atoms with E-state index < -0.39 is 11.8 Å². The maximum Gasteiger partial charge on any atom is 0.357 e. The minimum atomic E-state index is -0.615. The molecule has 0 radical (unpaired) electrons. The van der Waals surface area contributed by atoms with Crippen LogP contribution in [-0.4, -0.2) is 18.1 Å². The smallest absolute Gasteiger partial charge is 0.357 e. The lowest BCUT2D eigenvalue weighted by molar-refractivity contribution is 0.0596. The van der Waals surface area contributed by atoms with E-state index in [-0.39, 0.29) is 16.8 Å². The monoisotopic (exact) mass is 220 g/mol. The van der Waals surface area contributed by atoms with E-state index >= 15 is 0 Å². The number of nitrogen functional groups attached to an aromatic ring is 1. The van der Waals surface area contributed by atoms with Crippen molar-refractivity contribution < 1.29 is 13.9 Å². The van der Waals surface area contributed by atoms with Crippen molar-refractivity contribution >= 4 is 22.4 Å². The molecule has 5 heteroatoms. The van der Waals surface area contributed by atoms with E-state index in [1.54, 1.807) is 18.2 Å². The van der Waals surface area contributed by atoms with Crippen molar-refractivity contribution in [2.75, 3.05) is 12.8 Å². The van der Waals surface area contributed by atoms with Gasteiger partial charge in [0.25, 0.3) is 0 Å². The van der Waals surface area contributed by atoms with E-state index in [1.165, 1.54) is 7.11 Å². The number of hydrogen-bond acceptors (Lipinski definition) is 4. The lowest BCUT2D eigenvalue weighted by atomic mass is 10.1. The number of methoxy groups -OCH3 is 1. The highest BCUT2D eigenvalue weighted by Crippen LogP contribution is 2.25. The molecule has 0 aliphatic carbocycles. The number of nitrogens with two attached hydrogens (primary N) is 1. The quantitative estimate of drug-likeness (QED) is 0.587. The van der Waals surface area contributed by atoms with Crippen molar-refractivity contribution in [3.8, 4) is 0 Å². The molecule has 2 rings (SSSR count). The molecular weight excluding hydrogens is 211 g/mol. The number of halogens is 1. The van der Waals surface area contributed by atoms with Gasteiger partial charge in [0.1, 0.15) is 0 Å². The number of carbonyl (C=O) groups is 1. The molecule has 1 aromatic carbocycles. The average molecular weight is 220 g/mol. The number of esters is 1. The summed E-state index contributed by atoms with van der Waals surface area (Å²) in [5, 5.41) is 0.546. The third-order valence-corrected chi connectivity index (χ3v) is 2.28. The van der Waals surface area contributed by atoms with Crippen LogP contribution >= 0.6 is 0 Å². The Bertz CT molecular complexity index is 561. The highest BCUT2D eigenvalue weighted by molar-refractivity contribution is 6.06. The summed E-state index contributed by atoms with van der Waals surface area (Å²) in [6.45, 7) is 0. The van der Waals surface area contributed by atoms with Crippen LogP contribution in [0.15, 0.2) is 24.4 Å². The summed E-state index contributed by atoms with van der Waals surface area (Å²) in [4.78, 5) is 15.1. The van der Waals surface area contributed by atoms with Gasteiger partial charge in [-0.1, -0.05) is 12.1 Å². The Morgan fingerprint density at radius 1 is 1.50 bits per heavy atom. The minimum absolute atomic E-state index is 0.0613. The predicted octanol–water partition coefficient (Wildman–Crippen LogP) is 1.74. The molecule has 0 spiro atoms. The number of nitrogens with zero attached hydrogens (tertiary/aromatic N) is 1. The van der Waals surface area contributed by atoms with Gasteiger partial charge in [-0.05, 0) is 6.07 Å². The van der Waals surface area contributed by atoms with E-state index in [4.69, 9.17) is 5.73 Å². The Hall–Kier alpha value is -2.17. The minimum Gasteiger partial charge on any atom is -0.464 e. The third-order valence-electron chi connectivity index (χ3n) is 2.28. The van der Waals surface area contributed by atoms with Crippen LogP contribution in [-0.2, 0) is 4.74 Å². The number of benzene rings is 1. The van der Waals surface area contributed by atoms with Gasteiger partial charge in [0, 0.05) is 16.5 Å². The van der Waals surface area contributed by atoms with E-state index in [0.29, 0.717) is 5.39 Å². The van der Waals surface area contributed by atoms with Crippen molar-refractivity contribution in [1.82, 2.24) is 4.98 Å². The molecule has 1 aromatic heterocycles. The van der Waals surface area contributed by atoms with E-state index in [9.17, 15) is 9.18 Å². The number of rotatable bonds is 1. The fraction of sp³-hybridized carbons (Fsp3) is 0.0909. The topological polar surface area (TPSA) is 65.2 Å². The van der Waals surface area contributed by atoms with E-state index in [2.05, 4.69) is 9.72 Å². The number of hydrogen-bond donors (Lipinski definition) is 1. The van der Waals surface area contributed by atoms with Gasteiger partial charge < -0.3 is 10.5 Å². The molecule has 0 bridgehead atoms. The summed E-state index contributed by atoms with van der Waals surface area (Å²) in [7, 11) is 1.24. The normalized spacial score (nSPS) is 10.4. The Morgan fingerprint density at radius 2 is 2.25 bits per heavy atom. The fourth-order valence-electron chi connectivity index (χ4n) is 1.55. The lowest BCUT2D eigenvalue weighted by Crippen LogP contribution is -2.06. The molecule has 1 heterocycles. The molecular formula is C11H9FN2O2. The maximum atomic E-state index is 13.5. The first-order chi connectivity index (χ1) is 7.65. The molecule has 0 amide bonds. The van der Waals surface area contributed by atoms with Gasteiger partial charge in [0.15, 0.2) is 11.5 Å². The fourth-order valence-corrected chi connectivity index (χ4v) is 1.55. The molecule has 2 N–H and O–H groups in total. The zero-order valence-corrected chi connectivity index (χ0v) is 8.53. The zero-order chi connectivity index (χ0) is 11.7. The summed E-state index contributed by atoms with van der Waals surface area (Å²) in [6.07, 6.45) is 0.963. The number of carbonyl (C=O) groups excluding carboxylic acids is 1. The molecule has 2 aromatic rings. The number of fused-ring (bicyclic) bond motifs is 1. The summed E-state index contributed by atoms with van der Waals surface area (Å²) in [5.74, 6) is -1.17. The number of anilines is 1. The van der Waals surface area contributed by atoms with Crippen molar-refractivity contribution in [2.45, 2.75) is 0 Å². The van der Waals surface area contributed by atoms with Crippen molar-refractivity contribution in [3.05, 3.63) is 35.9 Å². The van der Waals surface area contributed by atoms with Crippen molar-refractivity contribution in [2.24, 2.45) is 0 Å². The summed E-state index contributed by atoms with van der Waals surface area (Å²) < 4.78 is 18.1. The molecule has 0 unspecified atom stereocenters. The first-order valence-electron chi connectivity index (χ1n) is 4.56. The molecule has 0 atom stereocenters. The van der Waals surface area contributed by atoms with E-state index in [0.717, 1.165) is 6.20 Å². The SMILES string of the molecule is COC(=O)c1ncc(F)c2c(N)cccc12. The van der Waals surface area contributed by atoms with Gasteiger partial charge in [-0.2, -0.15) is 0 Å². The standard InChI is InChI=1S/C11H9FN2O2/c1-16-11(15)10-6-3-2-4-8(13)9(6)7(12)5-14-10/h2-5H,13H2,1H3. The van der Waals surface area contributed by atoms with Gasteiger partial charge in [-0.3, -0.25) is 0 Å². The lowest BCUT2D eigenvalue weighted by Gasteiger charge is -2.06. The van der Waals surface area contributed by atoms with Gasteiger partial charge >= 0.3 is 5.97 Å². The predicted molar refractivity (Wildman–Crippen MR) is 57.5 cm³/mol. The van der Waals surface area contributed by atoms with Gasteiger partial charge in [-0.25, -0.2) is 14.2 Å². The molecule has 16 heavy (non-hydrogen) atoms. The highest BCUT2D eigenvalue weighted by atomic mass is 19.1. The van der Waals surface area contributed by atoms with E-state index in [1.807, 2.05) is 0 Å². The molecule has 0 fully saturated rings. The zero-order valence-electron chi connectivity index (χ0n) is 8.53. The Kier molecular flexibility index (Phi) is 2.44. The van der Waals surface area contributed by atoms with Gasteiger partial charge in [-0.15, -0.1) is 0 Å². The van der Waals surface area contributed by atoms with Crippen LogP contribution in [0.1, 0.15) is 10.5 Å². The van der Waals surface area contributed by atoms with Crippen LogP contribution in [0.2, 0.25) is 0 Å². The molecule has 0 saturated heterocycles. The second-order valence-corrected chi connectivity index (χ2v) is 3.22. The molecule has 0 aliphatic heterocycles. The van der Waals surface area contributed by atoms with Crippen LogP contribution in [0.4, 0.5) is 10.1 Å². The van der Waals surface area contributed by atoms with Crippen LogP contribution in [0.5, 0.6) is 0 Å². The highest BCUT2D eigenvalue weighted by Gasteiger charge is 2.15. The first-order valence-corrected chi connectivity index (χ1v) is 4.56. The van der Waals surface area contributed by atoms with Crippen molar-refractivity contribution in [1.29, 1.82) is 0 Å². The van der Waals surface area contributed by atoms with Gasteiger partial charge in [0.05, 0.1) is 13.3 Å². The largest absolute Gasteiger partial charge is 0.464 e. The number of ether oxygens (including phenoxy) is 1. The maximum absolute atomic E-state index is 13.5.